The largest absolute Gasteiger partial charge is 0.573 e. The lowest BCUT2D eigenvalue weighted by molar-refractivity contribution is -0.274. The van der Waals surface area contributed by atoms with E-state index in [0.29, 0.717) is 11.3 Å². The summed E-state index contributed by atoms with van der Waals surface area (Å²) in [6.45, 7) is 0. The zero-order valence-electron chi connectivity index (χ0n) is 10.2. The summed E-state index contributed by atoms with van der Waals surface area (Å²) in [6.07, 6.45) is -4.75. The molecule has 0 unspecified atom stereocenters. The van der Waals surface area contributed by atoms with Crippen molar-refractivity contribution in [3.63, 3.8) is 0 Å². The number of hydrogen-bond donors (Lipinski definition) is 1. The number of benzene rings is 1. The lowest BCUT2D eigenvalue weighted by Gasteiger charge is -2.09. The summed E-state index contributed by atoms with van der Waals surface area (Å²) in [5.74, 6) is -1.52. The smallest absolute Gasteiger partial charge is 0.476 e. The lowest BCUT2D eigenvalue weighted by Crippen LogP contribution is -2.16. The topological polar surface area (TPSA) is 64.4 Å². The first-order chi connectivity index (χ1) is 9.26. The molecule has 2 rings (SSSR count). The maximum absolute atomic E-state index is 12.0. The number of halogens is 3. The van der Waals surface area contributed by atoms with Crippen LogP contribution in [-0.4, -0.2) is 27.2 Å². The molecule has 1 aromatic heterocycles. The van der Waals surface area contributed by atoms with Gasteiger partial charge in [0, 0.05) is 12.6 Å². The van der Waals surface area contributed by atoms with Crippen molar-refractivity contribution < 1.29 is 27.8 Å². The minimum absolute atomic E-state index is 0.141. The highest BCUT2D eigenvalue weighted by molar-refractivity contribution is 5.87. The van der Waals surface area contributed by atoms with Crippen molar-refractivity contribution in [2.75, 3.05) is 0 Å². The molecule has 8 heteroatoms. The summed E-state index contributed by atoms with van der Waals surface area (Å²) in [7, 11) is 1.54. The first-order valence-corrected chi connectivity index (χ1v) is 5.40. The quantitative estimate of drug-likeness (QED) is 0.942. The second kappa shape index (κ2) is 4.87. The van der Waals surface area contributed by atoms with E-state index in [-0.39, 0.29) is 11.4 Å². The van der Waals surface area contributed by atoms with Gasteiger partial charge in [0.25, 0.3) is 0 Å². The Hall–Kier alpha value is -2.51. The molecule has 0 atom stereocenters. The summed E-state index contributed by atoms with van der Waals surface area (Å²) in [6, 6.07) is 6.42. The van der Waals surface area contributed by atoms with Crippen molar-refractivity contribution >= 4 is 5.97 Å². The fourth-order valence-electron chi connectivity index (χ4n) is 1.67. The number of aromatic nitrogens is 2. The molecular formula is C12H9F3N2O3. The highest BCUT2D eigenvalue weighted by atomic mass is 19.4. The molecule has 0 spiro atoms. The summed E-state index contributed by atoms with van der Waals surface area (Å²) in [5.41, 5.74) is 0.862. The maximum atomic E-state index is 12.0. The first-order valence-electron chi connectivity index (χ1n) is 5.40. The zero-order chi connectivity index (χ0) is 14.9. The average molecular weight is 286 g/mol. The van der Waals surface area contributed by atoms with E-state index in [2.05, 4.69) is 9.84 Å². The molecule has 20 heavy (non-hydrogen) atoms. The third-order valence-electron chi connectivity index (χ3n) is 2.48. The van der Waals surface area contributed by atoms with Crippen molar-refractivity contribution in [1.82, 2.24) is 9.78 Å². The van der Waals surface area contributed by atoms with Gasteiger partial charge in [0.2, 0.25) is 0 Å². The molecule has 0 fully saturated rings. The van der Waals surface area contributed by atoms with E-state index in [1.54, 1.807) is 7.05 Å². The highest BCUT2D eigenvalue weighted by Crippen LogP contribution is 2.26. The van der Waals surface area contributed by atoms with Gasteiger partial charge in [-0.05, 0) is 30.3 Å². The molecule has 0 saturated carbocycles. The van der Waals surface area contributed by atoms with Gasteiger partial charge in [0.05, 0.1) is 5.69 Å². The number of alkyl halides is 3. The van der Waals surface area contributed by atoms with E-state index in [1.807, 2.05) is 0 Å². The summed E-state index contributed by atoms with van der Waals surface area (Å²) >= 11 is 0. The molecule has 0 radical (unpaired) electrons. The number of ether oxygens (including phenoxy) is 1. The summed E-state index contributed by atoms with van der Waals surface area (Å²) in [5, 5.41) is 12.6. The maximum Gasteiger partial charge on any atom is 0.573 e. The van der Waals surface area contributed by atoms with E-state index in [4.69, 9.17) is 5.11 Å². The lowest BCUT2D eigenvalue weighted by atomic mass is 10.1. The van der Waals surface area contributed by atoms with E-state index in [0.717, 1.165) is 12.1 Å². The van der Waals surface area contributed by atoms with Gasteiger partial charge >= 0.3 is 12.3 Å². The Bertz CT molecular complexity index is 632. The zero-order valence-corrected chi connectivity index (χ0v) is 10.2. The van der Waals surface area contributed by atoms with E-state index in [1.165, 1.54) is 22.9 Å². The third-order valence-corrected chi connectivity index (χ3v) is 2.48. The van der Waals surface area contributed by atoms with Crippen LogP contribution in [0, 0.1) is 0 Å². The third kappa shape index (κ3) is 3.08. The van der Waals surface area contributed by atoms with E-state index >= 15 is 0 Å². The number of rotatable bonds is 3. The van der Waals surface area contributed by atoms with Crippen molar-refractivity contribution in [3.05, 3.63) is 36.0 Å². The summed E-state index contributed by atoms with van der Waals surface area (Å²) < 4.78 is 41.1. The van der Waals surface area contributed by atoms with Crippen LogP contribution in [0.1, 0.15) is 10.5 Å². The second-order valence-corrected chi connectivity index (χ2v) is 3.92. The van der Waals surface area contributed by atoms with Crippen LogP contribution in [0.25, 0.3) is 11.3 Å². The van der Waals surface area contributed by atoms with Crippen molar-refractivity contribution in [1.29, 1.82) is 0 Å². The number of aromatic carboxylic acids is 1. The van der Waals surface area contributed by atoms with Crippen LogP contribution >= 0.6 is 0 Å². The van der Waals surface area contributed by atoms with E-state index in [9.17, 15) is 18.0 Å². The SMILES string of the molecule is Cn1nc(C(=O)O)cc1-c1ccc(OC(F)(F)F)cc1. The van der Waals surface area contributed by atoms with Crippen LogP contribution in [0.15, 0.2) is 30.3 Å². The van der Waals surface area contributed by atoms with Crippen LogP contribution in [0.2, 0.25) is 0 Å². The fourth-order valence-corrected chi connectivity index (χ4v) is 1.67. The second-order valence-electron chi connectivity index (χ2n) is 3.92. The number of carbonyl (C=O) groups is 1. The Kier molecular flexibility index (Phi) is 3.39. The minimum Gasteiger partial charge on any atom is -0.476 e. The monoisotopic (exact) mass is 286 g/mol. The van der Waals surface area contributed by atoms with Crippen LogP contribution in [-0.2, 0) is 7.05 Å². The molecule has 0 saturated heterocycles. The molecule has 2 aromatic rings. The predicted molar refractivity (Wildman–Crippen MR) is 62.3 cm³/mol. The van der Waals surface area contributed by atoms with E-state index < -0.39 is 12.3 Å². The van der Waals surface area contributed by atoms with Gasteiger partial charge in [-0.15, -0.1) is 13.2 Å². The van der Waals surface area contributed by atoms with Crippen molar-refractivity contribution in [3.8, 4) is 17.0 Å². The van der Waals surface area contributed by atoms with Crippen molar-refractivity contribution in [2.24, 2.45) is 7.05 Å². The first kappa shape index (κ1) is 13.9. The molecule has 0 bridgehead atoms. The van der Waals surface area contributed by atoms with Gasteiger partial charge < -0.3 is 9.84 Å². The van der Waals surface area contributed by atoms with Gasteiger partial charge in [-0.1, -0.05) is 0 Å². The fraction of sp³-hybridized carbons (Fsp3) is 0.167. The van der Waals surface area contributed by atoms with Gasteiger partial charge in [0.15, 0.2) is 5.69 Å². The number of aryl methyl sites for hydroxylation is 1. The molecule has 5 nitrogen and oxygen atoms in total. The molecule has 106 valence electrons. The Labute approximate surface area is 111 Å². The van der Waals surface area contributed by atoms with Gasteiger partial charge in [-0.2, -0.15) is 5.10 Å². The minimum atomic E-state index is -4.75. The van der Waals surface area contributed by atoms with Crippen LogP contribution in [0.3, 0.4) is 0 Å². The Balaban J connectivity index is 2.28. The molecular weight excluding hydrogens is 277 g/mol. The van der Waals surface area contributed by atoms with Gasteiger partial charge in [0.1, 0.15) is 5.75 Å². The molecule has 0 aliphatic carbocycles. The molecule has 0 aliphatic rings. The molecule has 1 N–H and O–H groups in total. The Morgan fingerprint density at radius 3 is 2.35 bits per heavy atom. The molecule has 0 aliphatic heterocycles. The van der Waals surface area contributed by atoms with Gasteiger partial charge in [-0.3, -0.25) is 4.68 Å². The summed E-state index contributed by atoms with van der Waals surface area (Å²) in [4.78, 5) is 10.8. The van der Waals surface area contributed by atoms with Crippen LogP contribution < -0.4 is 4.74 Å². The number of hydrogen-bond acceptors (Lipinski definition) is 3. The molecule has 1 aromatic carbocycles. The Morgan fingerprint density at radius 2 is 1.90 bits per heavy atom. The van der Waals surface area contributed by atoms with Crippen LogP contribution in [0.5, 0.6) is 5.75 Å². The normalized spacial score (nSPS) is 11.4. The van der Waals surface area contributed by atoms with Crippen LogP contribution in [0.4, 0.5) is 13.2 Å². The standard InChI is InChI=1S/C12H9F3N2O3/c1-17-10(6-9(16-17)11(18)19)7-2-4-8(5-3-7)20-12(13,14)15/h2-6H,1H3,(H,18,19). The van der Waals surface area contributed by atoms with Crippen molar-refractivity contribution in [2.45, 2.75) is 6.36 Å². The number of carboxylic acids is 1. The highest BCUT2D eigenvalue weighted by Gasteiger charge is 2.31. The van der Waals surface area contributed by atoms with Gasteiger partial charge in [-0.25, -0.2) is 4.79 Å². The average Bonchev–Trinajstić information content (AvgIpc) is 2.70. The number of nitrogens with zero attached hydrogens (tertiary/aromatic N) is 2. The molecule has 1 heterocycles. The predicted octanol–water partition coefficient (Wildman–Crippen LogP) is 2.68. The molecule has 0 amide bonds. The Morgan fingerprint density at radius 1 is 1.30 bits per heavy atom. The number of carboxylic acid groups (broad SMARTS) is 1.